The van der Waals surface area contributed by atoms with Crippen molar-refractivity contribution in [2.75, 3.05) is 7.11 Å². The van der Waals surface area contributed by atoms with Crippen molar-refractivity contribution >= 4 is 5.97 Å². The van der Waals surface area contributed by atoms with E-state index >= 15 is 0 Å². The predicted molar refractivity (Wildman–Crippen MR) is 77.4 cm³/mol. The maximum Gasteiger partial charge on any atom is 0.338 e. The molecule has 1 unspecified atom stereocenters. The first-order valence-electron chi connectivity index (χ1n) is 6.55. The van der Waals surface area contributed by atoms with Crippen LogP contribution in [0.15, 0.2) is 54.6 Å². The quantitative estimate of drug-likeness (QED) is 0.776. The molecule has 0 spiro atoms. The van der Waals surface area contributed by atoms with Crippen molar-refractivity contribution in [1.82, 2.24) is 0 Å². The molecule has 0 aromatic heterocycles. The van der Waals surface area contributed by atoms with E-state index in [0.29, 0.717) is 5.56 Å². The van der Waals surface area contributed by atoms with E-state index in [1.54, 1.807) is 13.2 Å². The molecule has 0 aliphatic heterocycles. The van der Waals surface area contributed by atoms with Crippen LogP contribution in [0, 0.1) is 0 Å². The number of carbonyl (C=O) groups is 1. The Labute approximate surface area is 119 Å². The van der Waals surface area contributed by atoms with Gasteiger partial charge in [-0.2, -0.15) is 0 Å². The molecule has 0 radical (unpaired) electrons. The largest absolute Gasteiger partial charge is 0.457 e. The third-order valence-corrected chi connectivity index (χ3v) is 3.18. The van der Waals surface area contributed by atoms with Crippen LogP contribution in [0.25, 0.3) is 0 Å². The van der Waals surface area contributed by atoms with Gasteiger partial charge in [-0.3, -0.25) is 0 Å². The molecule has 3 heteroatoms. The number of hydrogen-bond acceptors (Lipinski definition) is 3. The van der Waals surface area contributed by atoms with Crippen molar-refractivity contribution in [3.05, 3.63) is 71.3 Å². The molecule has 0 N–H and O–H groups in total. The van der Waals surface area contributed by atoms with E-state index in [1.807, 2.05) is 55.5 Å². The zero-order valence-corrected chi connectivity index (χ0v) is 11.7. The van der Waals surface area contributed by atoms with Crippen molar-refractivity contribution in [2.24, 2.45) is 0 Å². The first-order chi connectivity index (χ1) is 9.72. The van der Waals surface area contributed by atoms with Gasteiger partial charge in [-0.15, -0.1) is 0 Å². The first-order valence-corrected chi connectivity index (χ1v) is 6.55. The number of ether oxygens (including phenoxy) is 2. The average Bonchev–Trinajstić information content (AvgIpc) is 2.52. The number of methoxy groups -OCH3 is 1. The lowest BCUT2D eigenvalue weighted by Crippen LogP contribution is -2.10. The van der Waals surface area contributed by atoms with E-state index < -0.39 is 0 Å². The third kappa shape index (κ3) is 3.45. The van der Waals surface area contributed by atoms with Crippen molar-refractivity contribution in [3.63, 3.8) is 0 Å². The molecule has 0 amide bonds. The van der Waals surface area contributed by atoms with E-state index in [2.05, 4.69) is 0 Å². The van der Waals surface area contributed by atoms with Crippen LogP contribution >= 0.6 is 0 Å². The van der Waals surface area contributed by atoms with Gasteiger partial charge in [-0.1, -0.05) is 48.5 Å². The molecule has 3 nitrogen and oxygen atoms in total. The van der Waals surface area contributed by atoms with Crippen LogP contribution in [0.3, 0.4) is 0 Å². The summed E-state index contributed by atoms with van der Waals surface area (Å²) >= 11 is 0. The van der Waals surface area contributed by atoms with Gasteiger partial charge in [0.05, 0.1) is 11.7 Å². The SMILES string of the molecule is COC(C)c1ccccc1C(=O)OCc1ccccc1. The molecule has 0 heterocycles. The van der Waals surface area contributed by atoms with Crippen molar-refractivity contribution in [2.45, 2.75) is 19.6 Å². The smallest absolute Gasteiger partial charge is 0.338 e. The van der Waals surface area contributed by atoms with Crippen molar-refractivity contribution < 1.29 is 14.3 Å². The Hall–Kier alpha value is -2.13. The molecule has 2 aromatic rings. The van der Waals surface area contributed by atoms with Crippen LogP contribution < -0.4 is 0 Å². The summed E-state index contributed by atoms with van der Waals surface area (Å²) in [7, 11) is 1.62. The summed E-state index contributed by atoms with van der Waals surface area (Å²) in [6, 6.07) is 17.0. The van der Waals surface area contributed by atoms with Crippen LogP contribution in [0.4, 0.5) is 0 Å². The normalized spacial score (nSPS) is 11.9. The fourth-order valence-electron chi connectivity index (χ4n) is 1.97. The number of benzene rings is 2. The second kappa shape index (κ2) is 6.87. The van der Waals surface area contributed by atoms with E-state index in [9.17, 15) is 4.79 Å². The molecule has 0 aliphatic rings. The molecule has 0 saturated heterocycles. The highest BCUT2D eigenvalue weighted by Gasteiger charge is 2.16. The molecule has 20 heavy (non-hydrogen) atoms. The fourth-order valence-corrected chi connectivity index (χ4v) is 1.97. The lowest BCUT2D eigenvalue weighted by molar-refractivity contribution is 0.0462. The summed E-state index contributed by atoms with van der Waals surface area (Å²) in [6.07, 6.45) is -0.143. The second-order valence-corrected chi connectivity index (χ2v) is 4.53. The molecular formula is C17H18O3. The standard InChI is InChI=1S/C17H18O3/c1-13(19-2)15-10-6-7-11-16(15)17(18)20-12-14-8-4-3-5-9-14/h3-11,13H,12H2,1-2H3. The zero-order valence-electron chi connectivity index (χ0n) is 11.7. The fraction of sp³-hybridized carbons (Fsp3) is 0.235. The van der Waals surface area contributed by atoms with Gasteiger partial charge in [0.15, 0.2) is 0 Å². The third-order valence-electron chi connectivity index (χ3n) is 3.18. The maximum atomic E-state index is 12.2. The van der Waals surface area contributed by atoms with Gasteiger partial charge in [-0.05, 0) is 24.1 Å². The molecule has 0 bridgehead atoms. The molecular weight excluding hydrogens is 252 g/mol. The predicted octanol–water partition coefficient (Wildman–Crippen LogP) is 3.75. The van der Waals surface area contributed by atoms with E-state index in [0.717, 1.165) is 11.1 Å². The van der Waals surface area contributed by atoms with Crippen LogP contribution in [0.1, 0.15) is 34.5 Å². The number of rotatable bonds is 5. The Morgan fingerprint density at radius 2 is 1.70 bits per heavy atom. The Kier molecular flexibility index (Phi) is 4.91. The summed E-state index contributed by atoms with van der Waals surface area (Å²) in [5, 5.41) is 0. The van der Waals surface area contributed by atoms with Crippen molar-refractivity contribution in [3.8, 4) is 0 Å². The van der Waals surface area contributed by atoms with E-state index in [4.69, 9.17) is 9.47 Å². The van der Waals surface area contributed by atoms with Crippen LogP contribution in [0.5, 0.6) is 0 Å². The molecule has 1 atom stereocenters. The average molecular weight is 270 g/mol. The van der Waals surface area contributed by atoms with E-state index in [1.165, 1.54) is 0 Å². The second-order valence-electron chi connectivity index (χ2n) is 4.53. The minimum atomic E-state index is -0.326. The van der Waals surface area contributed by atoms with Crippen LogP contribution in [-0.4, -0.2) is 13.1 Å². The first kappa shape index (κ1) is 14.3. The Morgan fingerprint density at radius 1 is 1.05 bits per heavy atom. The number of esters is 1. The molecule has 104 valence electrons. The molecule has 0 fully saturated rings. The van der Waals surface area contributed by atoms with Crippen LogP contribution in [0.2, 0.25) is 0 Å². The van der Waals surface area contributed by atoms with E-state index in [-0.39, 0.29) is 18.7 Å². The summed E-state index contributed by atoms with van der Waals surface area (Å²) in [4.78, 5) is 12.2. The summed E-state index contributed by atoms with van der Waals surface area (Å²) < 4.78 is 10.6. The van der Waals surface area contributed by atoms with Gasteiger partial charge in [0, 0.05) is 7.11 Å². The monoisotopic (exact) mass is 270 g/mol. The van der Waals surface area contributed by atoms with Gasteiger partial charge >= 0.3 is 5.97 Å². The maximum absolute atomic E-state index is 12.2. The van der Waals surface area contributed by atoms with Gasteiger partial charge in [0.25, 0.3) is 0 Å². The molecule has 2 aromatic carbocycles. The summed E-state index contributed by atoms with van der Waals surface area (Å²) in [5.41, 5.74) is 2.36. The molecule has 0 aliphatic carbocycles. The number of carbonyl (C=O) groups excluding carboxylic acids is 1. The Morgan fingerprint density at radius 3 is 2.40 bits per heavy atom. The highest BCUT2D eigenvalue weighted by molar-refractivity contribution is 5.91. The lowest BCUT2D eigenvalue weighted by atomic mass is 10.0. The number of hydrogen-bond donors (Lipinski definition) is 0. The Balaban J connectivity index is 2.10. The minimum absolute atomic E-state index is 0.143. The highest BCUT2D eigenvalue weighted by Crippen LogP contribution is 2.21. The van der Waals surface area contributed by atoms with Crippen LogP contribution in [-0.2, 0) is 16.1 Å². The molecule has 2 rings (SSSR count). The van der Waals surface area contributed by atoms with Gasteiger partial charge in [0.2, 0.25) is 0 Å². The molecule has 0 saturated carbocycles. The van der Waals surface area contributed by atoms with Gasteiger partial charge in [0.1, 0.15) is 6.61 Å². The topological polar surface area (TPSA) is 35.5 Å². The zero-order chi connectivity index (χ0) is 14.4. The minimum Gasteiger partial charge on any atom is -0.457 e. The lowest BCUT2D eigenvalue weighted by Gasteiger charge is -2.14. The van der Waals surface area contributed by atoms with Crippen molar-refractivity contribution in [1.29, 1.82) is 0 Å². The summed E-state index contributed by atoms with van der Waals surface area (Å²) in [6.45, 7) is 2.18. The Bertz CT molecular complexity index is 563. The highest BCUT2D eigenvalue weighted by atomic mass is 16.5. The summed E-state index contributed by atoms with van der Waals surface area (Å²) in [5.74, 6) is -0.326. The van der Waals surface area contributed by atoms with Gasteiger partial charge < -0.3 is 9.47 Å². The van der Waals surface area contributed by atoms with Gasteiger partial charge in [-0.25, -0.2) is 4.79 Å².